The van der Waals surface area contributed by atoms with Crippen LogP contribution in [0.4, 0.5) is 11.4 Å². The molecule has 35 heavy (non-hydrogen) atoms. The number of nitro groups is 1. The predicted molar refractivity (Wildman–Crippen MR) is 136 cm³/mol. The van der Waals surface area contributed by atoms with Crippen molar-refractivity contribution in [2.75, 3.05) is 25.2 Å². The van der Waals surface area contributed by atoms with Crippen molar-refractivity contribution >= 4 is 23.3 Å². The van der Waals surface area contributed by atoms with Gasteiger partial charge in [0.25, 0.3) is 5.69 Å². The van der Waals surface area contributed by atoms with E-state index in [1.807, 2.05) is 40.7 Å². The maximum absolute atomic E-state index is 13.4. The largest absolute Gasteiger partial charge is 0.495 e. The molecule has 0 fully saturated rings. The summed E-state index contributed by atoms with van der Waals surface area (Å²) in [5.74, 6) is -0.378. The molecule has 2 rings (SSSR count). The molecule has 1 amide bonds. The van der Waals surface area contributed by atoms with Gasteiger partial charge in [0.1, 0.15) is 5.75 Å². The molecule has 0 aromatic heterocycles. The van der Waals surface area contributed by atoms with E-state index in [2.05, 4.69) is 0 Å². The summed E-state index contributed by atoms with van der Waals surface area (Å²) in [4.78, 5) is 38.6. The molecule has 2 aromatic carbocycles. The van der Waals surface area contributed by atoms with Crippen molar-refractivity contribution in [1.29, 1.82) is 0 Å². The zero-order valence-corrected chi connectivity index (χ0v) is 21.7. The number of nitro benzene ring substituents is 1. The molecule has 2 aromatic rings. The van der Waals surface area contributed by atoms with Gasteiger partial charge in [0.2, 0.25) is 5.91 Å². The van der Waals surface area contributed by atoms with Crippen LogP contribution in [0, 0.1) is 21.4 Å². The number of non-ortho nitro benzene ring substituents is 1. The maximum atomic E-state index is 13.4. The van der Waals surface area contributed by atoms with Gasteiger partial charge in [-0.25, -0.2) is 0 Å². The van der Waals surface area contributed by atoms with E-state index in [0.717, 1.165) is 5.56 Å². The van der Waals surface area contributed by atoms with Crippen molar-refractivity contribution in [2.45, 2.75) is 53.9 Å². The normalized spacial score (nSPS) is 12.2. The van der Waals surface area contributed by atoms with E-state index in [-0.39, 0.29) is 24.1 Å². The Bertz CT molecular complexity index is 1040. The number of hydrogen-bond acceptors (Lipinski definition) is 6. The Hall–Kier alpha value is -3.42. The Morgan fingerprint density at radius 2 is 1.71 bits per heavy atom. The molecule has 0 bridgehead atoms. The summed E-state index contributed by atoms with van der Waals surface area (Å²) in [6.45, 7) is 12.1. The van der Waals surface area contributed by atoms with Gasteiger partial charge in [-0.2, -0.15) is 0 Å². The highest BCUT2D eigenvalue weighted by molar-refractivity contribution is 5.98. The molecule has 190 valence electrons. The van der Waals surface area contributed by atoms with Crippen LogP contribution in [0.25, 0.3) is 0 Å². The Labute approximate surface area is 207 Å². The standard InChI is InChI=1S/C27H36N2O6/c1-8-35-25(30)22(15-19-9-12-21(13-10-19)29(32)33)20-11-14-24(34-7)23(16-20)28(17-18(2)3)26(31)27(4,5)6/h9-14,16,18,22H,8,15,17H2,1-7H3. The summed E-state index contributed by atoms with van der Waals surface area (Å²) in [7, 11) is 1.55. The average molecular weight is 485 g/mol. The van der Waals surface area contributed by atoms with E-state index < -0.39 is 22.2 Å². The fraction of sp³-hybridized carbons (Fsp3) is 0.481. The lowest BCUT2D eigenvalue weighted by Crippen LogP contribution is -2.42. The third-order valence-electron chi connectivity index (χ3n) is 5.49. The highest BCUT2D eigenvalue weighted by Crippen LogP contribution is 2.36. The fourth-order valence-corrected chi connectivity index (χ4v) is 3.76. The van der Waals surface area contributed by atoms with Crippen LogP contribution in [-0.4, -0.2) is 37.1 Å². The van der Waals surface area contributed by atoms with E-state index in [1.165, 1.54) is 12.1 Å². The van der Waals surface area contributed by atoms with Crippen molar-refractivity contribution in [1.82, 2.24) is 0 Å². The van der Waals surface area contributed by atoms with E-state index in [9.17, 15) is 19.7 Å². The highest BCUT2D eigenvalue weighted by atomic mass is 16.6. The summed E-state index contributed by atoms with van der Waals surface area (Å²) in [5, 5.41) is 11.0. The summed E-state index contributed by atoms with van der Waals surface area (Å²) in [6, 6.07) is 11.5. The molecule has 0 saturated heterocycles. The first-order valence-electron chi connectivity index (χ1n) is 11.8. The van der Waals surface area contributed by atoms with Crippen LogP contribution in [0.3, 0.4) is 0 Å². The van der Waals surface area contributed by atoms with Crippen LogP contribution in [-0.2, 0) is 20.7 Å². The van der Waals surface area contributed by atoms with Crippen LogP contribution >= 0.6 is 0 Å². The Morgan fingerprint density at radius 3 is 2.20 bits per heavy atom. The zero-order valence-electron chi connectivity index (χ0n) is 21.7. The summed E-state index contributed by atoms with van der Waals surface area (Å²) in [6.07, 6.45) is 0.292. The van der Waals surface area contributed by atoms with E-state index in [4.69, 9.17) is 9.47 Å². The number of carbonyl (C=O) groups excluding carboxylic acids is 2. The number of benzene rings is 2. The third kappa shape index (κ3) is 7.28. The van der Waals surface area contributed by atoms with Crippen LogP contribution in [0.1, 0.15) is 58.6 Å². The molecule has 0 aliphatic rings. The number of methoxy groups -OCH3 is 1. The topological polar surface area (TPSA) is 99.0 Å². The minimum absolute atomic E-state index is 0.0156. The van der Waals surface area contributed by atoms with Gasteiger partial charge in [0.15, 0.2) is 0 Å². The first-order chi connectivity index (χ1) is 16.4. The van der Waals surface area contributed by atoms with Gasteiger partial charge in [-0.15, -0.1) is 0 Å². The molecule has 0 radical (unpaired) electrons. The fourth-order valence-electron chi connectivity index (χ4n) is 3.76. The highest BCUT2D eigenvalue weighted by Gasteiger charge is 2.32. The zero-order chi connectivity index (χ0) is 26.3. The number of ether oxygens (including phenoxy) is 2. The second-order valence-corrected chi connectivity index (χ2v) is 9.92. The molecule has 0 heterocycles. The van der Waals surface area contributed by atoms with Gasteiger partial charge in [-0.1, -0.05) is 52.8 Å². The molecular formula is C27H36N2O6. The first kappa shape index (κ1) is 27.8. The van der Waals surface area contributed by atoms with Gasteiger partial charge in [-0.05, 0) is 42.5 Å². The third-order valence-corrected chi connectivity index (χ3v) is 5.49. The van der Waals surface area contributed by atoms with Gasteiger partial charge >= 0.3 is 5.97 Å². The van der Waals surface area contributed by atoms with Crippen LogP contribution in [0.5, 0.6) is 5.75 Å². The first-order valence-corrected chi connectivity index (χ1v) is 11.8. The lowest BCUT2D eigenvalue weighted by Gasteiger charge is -2.32. The Balaban J connectivity index is 2.57. The van der Waals surface area contributed by atoms with Crippen LogP contribution in [0.15, 0.2) is 42.5 Å². The number of amides is 1. The quantitative estimate of drug-likeness (QED) is 0.250. The van der Waals surface area contributed by atoms with Crippen molar-refractivity contribution < 1.29 is 24.0 Å². The number of esters is 1. The van der Waals surface area contributed by atoms with Gasteiger partial charge in [-0.3, -0.25) is 19.7 Å². The minimum atomic E-state index is -0.660. The van der Waals surface area contributed by atoms with Crippen molar-refractivity contribution in [3.05, 3.63) is 63.7 Å². The number of rotatable bonds is 10. The van der Waals surface area contributed by atoms with Gasteiger partial charge in [0, 0.05) is 24.1 Å². The predicted octanol–water partition coefficient (Wildman–Crippen LogP) is 5.53. The van der Waals surface area contributed by atoms with Crippen LogP contribution < -0.4 is 9.64 Å². The molecule has 1 unspecified atom stereocenters. The SMILES string of the molecule is CCOC(=O)C(Cc1ccc([N+](=O)[O-])cc1)c1ccc(OC)c(N(CC(C)C)C(=O)C(C)(C)C)c1. The second kappa shape index (κ2) is 11.8. The van der Waals surface area contributed by atoms with E-state index in [1.54, 1.807) is 43.2 Å². The van der Waals surface area contributed by atoms with Gasteiger partial charge < -0.3 is 14.4 Å². The summed E-state index contributed by atoms with van der Waals surface area (Å²) in [5.41, 5.74) is 1.40. The molecule has 0 saturated carbocycles. The van der Waals surface area contributed by atoms with E-state index in [0.29, 0.717) is 30.0 Å². The number of hydrogen-bond donors (Lipinski definition) is 0. The Kier molecular flexibility index (Phi) is 9.40. The minimum Gasteiger partial charge on any atom is -0.495 e. The molecule has 0 N–H and O–H groups in total. The van der Waals surface area contributed by atoms with Crippen LogP contribution in [0.2, 0.25) is 0 Å². The molecule has 8 heteroatoms. The monoisotopic (exact) mass is 484 g/mol. The lowest BCUT2D eigenvalue weighted by molar-refractivity contribution is -0.384. The van der Waals surface area contributed by atoms with Crippen molar-refractivity contribution in [2.24, 2.45) is 11.3 Å². The lowest BCUT2D eigenvalue weighted by atomic mass is 9.90. The molecule has 0 aliphatic heterocycles. The smallest absolute Gasteiger partial charge is 0.313 e. The van der Waals surface area contributed by atoms with E-state index >= 15 is 0 Å². The molecular weight excluding hydrogens is 448 g/mol. The molecule has 1 atom stereocenters. The number of nitrogens with zero attached hydrogens (tertiary/aromatic N) is 2. The Morgan fingerprint density at radius 1 is 1.09 bits per heavy atom. The average Bonchev–Trinajstić information content (AvgIpc) is 2.79. The van der Waals surface area contributed by atoms with Gasteiger partial charge in [0.05, 0.1) is 30.2 Å². The molecule has 0 aliphatic carbocycles. The van der Waals surface area contributed by atoms with Crippen molar-refractivity contribution in [3.8, 4) is 5.75 Å². The summed E-state index contributed by atoms with van der Waals surface area (Å²) < 4.78 is 11.0. The van der Waals surface area contributed by atoms with Crippen molar-refractivity contribution in [3.63, 3.8) is 0 Å². The summed E-state index contributed by atoms with van der Waals surface area (Å²) >= 11 is 0. The second-order valence-electron chi connectivity index (χ2n) is 9.92. The molecule has 0 spiro atoms. The number of carbonyl (C=O) groups is 2. The number of anilines is 1. The molecule has 8 nitrogen and oxygen atoms in total. The maximum Gasteiger partial charge on any atom is 0.313 e.